The van der Waals surface area contributed by atoms with E-state index in [4.69, 9.17) is 5.73 Å². The maximum Gasteiger partial charge on any atom is 0.299 e. The fourth-order valence-corrected chi connectivity index (χ4v) is 3.93. The molecule has 11 nitrogen and oxygen atoms in total. The predicted molar refractivity (Wildman–Crippen MR) is 105 cm³/mol. The second kappa shape index (κ2) is 7.86. The number of nitrogens with one attached hydrogen (secondary N) is 2. The molecule has 1 aromatic rings. The van der Waals surface area contributed by atoms with Crippen LogP contribution >= 0.6 is 0 Å². The average molecular weight is 395 g/mol. The van der Waals surface area contributed by atoms with Crippen molar-refractivity contribution in [1.82, 2.24) is 5.06 Å². The Morgan fingerprint density at radius 1 is 1.07 bits per heavy atom. The Labute approximate surface area is 163 Å². The van der Waals surface area contributed by atoms with Gasteiger partial charge in [-0.1, -0.05) is 0 Å². The lowest BCUT2D eigenvalue weighted by atomic mass is 9.79. The Morgan fingerprint density at radius 2 is 1.57 bits per heavy atom. The van der Waals surface area contributed by atoms with Gasteiger partial charge >= 0.3 is 0 Å². The Balaban J connectivity index is 2.43. The molecule has 4 N–H and O–H groups in total. The first-order valence-corrected chi connectivity index (χ1v) is 9.04. The van der Waals surface area contributed by atoms with Crippen molar-refractivity contribution in [2.45, 2.75) is 57.7 Å². The Hall–Kier alpha value is -2.50. The number of nitro groups is 2. The Morgan fingerprint density at radius 3 is 2.04 bits per heavy atom. The van der Waals surface area contributed by atoms with Crippen LogP contribution in [0.25, 0.3) is 0 Å². The first-order chi connectivity index (χ1) is 12.9. The van der Waals surface area contributed by atoms with Crippen molar-refractivity contribution in [3.8, 4) is 0 Å². The van der Waals surface area contributed by atoms with Gasteiger partial charge < -0.3 is 16.4 Å². The minimum absolute atomic E-state index is 0.156. The summed E-state index contributed by atoms with van der Waals surface area (Å²) in [6, 6.07) is 2.10. The number of hydrogen-bond donors (Lipinski definition) is 3. The summed E-state index contributed by atoms with van der Waals surface area (Å²) < 4.78 is 0. The van der Waals surface area contributed by atoms with Gasteiger partial charge in [0.25, 0.3) is 11.4 Å². The van der Waals surface area contributed by atoms with Crippen LogP contribution in [-0.2, 0) is 5.21 Å². The van der Waals surface area contributed by atoms with Crippen molar-refractivity contribution in [2.75, 3.05) is 23.7 Å². The van der Waals surface area contributed by atoms with Crippen LogP contribution < -0.4 is 16.4 Å². The van der Waals surface area contributed by atoms with E-state index in [0.29, 0.717) is 12.8 Å². The zero-order valence-corrected chi connectivity index (χ0v) is 16.5. The summed E-state index contributed by atoms with van der Waals surface area (Å²) in [6.07, 6.45) is 0.944. The van der Waals surface area contributed by atoms with Gasteiger partial charge in [0.1, 0.15) is 11.4 Å². The molecule has 1 aliphatic heterocycles. The SMILES string of the molecule is CC1(C)CC(Nc2cc(NCCN)c([N+](=O)[O-])cc2[N+](=O)[O-])CC(C)(C)N1[O]. The lowest BCUT2D eigenvalue weighted by Crippen LogP contribution is -2.60. The molecule has 1 radical (unpaired) electrons. The van der Waals surface area contributed by atoms with Crippen molar-refractivity contribution in [3.05, 3.63) is 32.4 Å². The Kier molecular flexibility index (Phi) is 6.12. The molecule has 0 atom stereocenters. The van der Waals surface area contributed by atoms with E-state index in [2.05, 4.69) is 10.6 Å². The number of hydroxylamine groups is 2. The molecule has 0 bridgehead atoms. The second-order valence-corrected chi connectivity index (χ2v) is 8.28. The van der Waals surface area contributed by atoms with Gasteiger partial charge in [-0.25, -0.2) is 0 Å². The predicted octanol–water partition coefficient (Wildman–Crippen LogP) is 2.65. The fourth-order valence-electron chi connectivity index (χ4n) is 3.93. The minimum atomic E-state index is -0.669. The summed E-state index contributed by atoms with van der Waals surface area (Å²) in [4.78, 5) is 21.5. The largest absolute Gasteiger partial charge is 0.378 e. The van der Waals surface area contributed by atoms with Crippen molar-refractivity contribution in [1.29, 1.82) is 0 Å². The molecule has 11 heteroatoms. The average Bonchev–Trinajstić information content (AvgIpc) is 2.56. The number of benzene rings is 1. The van der Waals surface area contributed by atoms with Crippen molar-refractivity contribution in [2.24, 2.45) is 5.73 Å². The molecule has 0 saturated carbocycles. The van der Waals surface area contributed by atoms with E-state index in [1.54, 1.807) is 0 Å². The number of hydrogen-bond acceptors (Lipinski definition) is 8. The molecular formula is C17H27N6O5. The number of nitrogens with zero attached hydrogens (tertiary/aromatic N) is 3. The van der Waals surface area contributed by atoms with Gasteiger partial charge in [-0.05, 0) is 46.6 Å². The molecule has 0 spiro atoms. The van der Waals surface area contributed by atoms with Crippen LogP contribution in [0.3, 0.4) is 0 Å². The summed E-state index contributed by atoms with van der Waals surface area (Å²) in [6.45, 7) is 7.85. The molecule has 0 amide bonds. The van der Waals surface area contributed by atoms with Crippen LogP contribution in [0.15, 0.2) is 12.1 Å². The van der Waals surface area contributed by atoms with Gasteiger partial charge in [0.2, 0.25) is 0 Å². The lowest BCUT2D eigenvalue weighted by Gasteiger charge is -2.50. The molecular weight excluding hydrogens is 368 g/mol. The second-order valence-electron chi connectivity index (χ2n) is 8.28. The van der Waals surface area contributed by atoms with E-state index in [-0.39, 0.29) is 41.9 Å². The van der Waals surface area contributed by atoms with E-state index < -0.39 is 20.9 Å². The molecule has 1 aliphatic rings. The zero-order valence-electron chi connectivity index (χ0n) is 16.5. The third-order valence-corrected chi connectivity index (χ3v) is 4.92. The Bertz CT molecular complexity index is 749. The van der Waals surface area contributed by atoms with E-state index in [1.165, 1.54) is 6.07 Å². The summed E-state index contributed by atoms with van der Waals surface area (Å²) in [5.74, 6) is 0. The van der Waals surface area contributed by atoms with Crippen LogP contribution in [0.2, 0.25) is 0 Å². The van der Waals surface area contributed by atoms with Crippen LogP contribution in [0, 0.1) is 20.2 Å². The zero-order chi connectivity index (χ0) is 21.3. The molecule has 0 aliphatic carbocycles. The van der Waals surface area contributed by atoms with Crippen LogP contribution in [0.4, 0.5) is 22.7 Å². The van der Waals surface area contributed by atoms with Gasteiger partial charge in [-0.3, -0.25) is 20.2 Å². The maximum absolute atomic E-state index is 12.5. The fraction of sp³-hybridized carbons (Fsp3) is 0.647. The minimum Gasteiger partial charge on any atom is -0.378 e. The molecule has 1 heterocycles. The molecule has 1 saturated heterocycles. The normalized spacial score (nSPS) is 19.2. The molecule has 28 heavy (non-hydrogen) atoms. The van der Waals surface area contributed by atoms with E-state index in [0.717, 1.165) is 11.1 Å². The van der Waals surface area contributed by atoms with Crippen LogP contribution in [-0.4, -0.2) is 45.1 Å². The first kappa shape index (κ1) is 21.8. The van der Waals surface area contributed by atoms with Gasteiger partial charge in [-0.15, -0.1) is 10.3 Å². The highest BCUT2D eigenvalue weighted by molar-refractivity contribution is 5.77. The molecule has 0 aromatic heterocycles. The highest BCUT2D eigenvalue weighted by Gasteiger charge is 2.46. The van der Waals surface area contributed by atoms with Crippen LogP contribution in [0.5, 0.6) is 0 Å². The lowest BCUT2D eigenvalue weighted by molar-refractivity contribution is -0.393. The van der Waals surface area contributed by atoms with E-state index >= 15 is 0 Å². The summed E-state index contributed by atoms with van der Waals surface area (Å²) in [5.41, 5.74) is 3.69. The third-order valence-electron chi connectivity index (χ3n) is 4.92. The molecule has 0 unspecified atom stereocenters. The number of nitro benzene ring substituents is 2. The quantitative estimate of drug-likeness (QED) is 0.469. The molecule has 2 rings (SSSR count). The van der Waals surface area contributed by atoms with Crippen molar-refractivity contribution < 1.29 is 15.1 Å². The number of piperidine rings is 1. The van der Waals surface area contributed by atoms with Gasteiger partial charge in [0, 0.05) is 30.2 Å². The van der Waals surface area contributed by atoms with Gasteiger partial charge in [0.05, 0.1) is 15.9 Å². The highest BCUT2D eigenvalue weighted by Crippen LogP contribution is 2.41. The molecule has 1 fully saturated rings. The molecule has 155 valence electrons. The smallest absolute Gasteiger partial charge is 0.299 e. The van der Waals surface area contributed by atoms with Gasteiger partial charge in [-0.2, -0.15) is 0 Å². The van der Waals surface area contributed by atoms with E-state index in [9.17, 15) is 25.4 Å². The van der Waals surface area contributed by atoms with Crippen molar-refractivity contribution >= 4 is 22.7 Å². The summed E-state index contributed by atoms with van der Waals surface area (Å²) >= 11 is 0. The standard InChI is InChI=1S/C17H27N6O5/c1-16(2)9-11(10-17(3,4)23(16)28)20-13-7-12(19-6-5-18)14(21(24)25)8-15(13)22(26)27/h7-8,11,19-20H,5-6,9-10,18H2,1-4H3. The van der Waals surface area contributed by atoms with Crippen molar-refractivity contribution in [3.63, 3.8) is 0 Å². The number of anilines is 2. The first-order valence-electron chi connectivity index (χ1n) is 9.04. The highest BCUT2D eigenvalue weighted by atomic mass is 16.6. The summed E-state index contributed by atoms with van der Waals surface area (Å²) in [5, 5.41) is 42.4. The third kappa shape index (κ3) is 4.49. The van der Waals surface area contributed by atoms with E-state index in [1.807, 2.05) is 27.7 Å². The van der Waals surface area contributed by atoms with Crippen LogP contribution in [0.1, 0.15) is 40.5 Å². The summed E-state index contributed by atoms with van der Waals surface area (Å²) in [7, 11) is 0. The maximum atomic E-state index is 12.5. The molecule has 1 aromatic carbocycles. The number of rotatable bonds is 7. The van der Waals surface area contributed by atoms with Gasteiger partial charge in [0.15, 0.2) is 0 Å². The monoisotopic (exact) mass is 395 g/mol. The number of nitrogens with two attached hydrogens (primary N) is 1. The topological polar surface area (TPSA) is 160 Å².